The maximum atomic E-state index is 11.8. The van der Waals surface area contributed by atoms with Crippen LogP contribution < -0.4 is 5.32 Å². The molecule has 0 atom stereocenters. The number of hydrogen-bond donors (Lipinski definition) is 1. The van der Waals surface area contributed by atoms with Crippen LogP contribution in [0.4, 0.5) is 0 Å². The number of aromatic nitrogens is 1. The first kappa shape index (κ1) is 13.3. The molecule has 0 saturated heterocycles. The molecular formula is C16H18N2O. The molecule has 2 rings (SSSR count). The molecule has 1 aromatic carbocycles. The molecule has 1 heterocycles. The number of amides is 1. The molecule has 1 amide bonds. The summed E-state index contributed by atoms with van der Waals surface area (Å²) in [6, 6.07) is 13.9. The normalized spacial score (nSPS) is 10.2. The Labute approximate surface area is 113 Å². The van der Waals surface area contributed by atoms with Crippen LogP contribution in [0.15, 0.2) is 48.7 Å². The Morgan fingerprint density at radius 3 is 2.68 bits per heavy atom. The summed E-state index contributed by atoms with van der Waals surface area (Å²) in [6.45, 7) is 2.50. The van der Waals surface area contributed by atoms with Crippen LogP contribution in [0.3, 0.4) is 0 Å². The molecule has 1 N–H and O–H groups in total. The molecule has 98 valence electrons. The van der Waals surface area contributed by atoms with Crippen molar-refractivity contribution in [3.8, 4) is 0 Å². The van der Waals surface area contributed by atoms with E-state index in [-0.39, 0.29) is 5.91 Å². The van der Waals surface area contributed by atoms with Crippen molar-refractivity contribution in [1.82, 2.24) is 10.3 Å². The lowest BCUT2D eigenvalue weighted by atomic mass is 10.1. The third-order valence-electron chi connectivity index (χ3n) is 3.05. The number of hydrogen-bond acceptors (Lipinski definition) is 2. The topological polar surface area (TPSA) is 42.0 Å². The van der Waals surface area contributed by atoms with Gasteiger partial charge in [-0.15, -0.1) is 0 Å². The highest BCUT2D eigenvalue weighted by Gasteiger charge is 2.04. The highest BCUT2D eigenvalue weighted by Crippen LogP contribution is 2.04. The average Bonchev–Trinajstić information content (AvgIpc) is 2.45. The molecule has 0 aliphatic heterocycles. The molecule has 1 aromatic heterocycles. The van der Waals surface area contributed by atoms with Crippen molar-refractivity contribution in [2.75, 3.05) is 0 Å². The molecule has 0 aliphatic carbocycles. The summed E-state index contributed by atoms with van der Waals surface area (Å²) in [7, 11) is 0. The lowest BCUT2D eigenvalue weighted by molar-refractivity contribution is -0.121. The minimum Gasteiger partial charge on any atom is -0.350 e. The van der Waals surface area contributed by atoms with Crippen LogP contribution in [-0.2, 0) is 17.8 Å². The van der Waals surface area contributed by atoms with Gasteiger partial charge in [0, 0.05) is 12.6 Å². The van der Waals surface area contributed by atoms with Crippen molar-refractivity contribution in [3.05, 3.63) is 65.5 Å². The summed E-state index contributed by atoms with van der Waals surface area (Å²) in [5.74, 6) is 0.0638. The fourth-order valence-corrected chi connectivity index (χ4v) is 1.88. The zero-order valence-electron chi connectivity index (χ0n) is 11.1. The van der Waals surface area contributed by atoms with Crippen molar-refractivity contribution in [2.45, 2.75) is 26.3 Å². The second-order valence-corrected chi connectivity index (χ2v) is 4.53. The molecule has 3 nitrogen and oxygen atoms in total. The number of aryl methyl sites for hydroxylation is 2. The Kier molecular flexibility index (Phi) is 4.67. The molecule has 0 fully saturated rings. The van der Waals surface area contributed by atoms with Gasteiger partial charge in [-0.2, -0.15) is 0 Å². The number of nitrogens with zero attached hydrogens (tertiary/aromatic N) is 1. The van der Waals surface area contributed by atoms with E-state index in [1.54, 1.807) is 6.20 Å². The summed E-state index contributed by atoms with van der Waals surface area (Å²) >= 11 is 0. The molecule has 0 bridgehead atoms. The van der Waals surface area contributed by atoms with E-state index in [0.717, 1.165) is 17.7 Å². The first-order valence-corrected chi connectivity index (χ1v) is 6.47. The van der Waals surface area contributed by atoms with E-state index >= 15 is 0 Å². The van der Waals surface area contributed by atoms with Crippen molar-refractivity contribution in [3.63, 3.8) is 0 Å². The standard InChI is InChI=1S/C16H18N2O/c1-13-6-5-11-17-15(13)12-18-16(19)10-9-14-7-3-2-4-8-14/h2-8,11H,9-10,12H2,1H3,(H,18,19). The van der Waals surface area contributed by atoms with Crippen LogP contribution in [-0.4, -0.2) is 10.9 Å². The van der Waals surface area contributed by atoms with E-state index in [2.05, 4.69) is 10.3 Å². The summed E-state index contributed by atoms with van der Waals surface area (Å²) in [6.07, 6.45) is 3.03. The number of carbonyl (C=O) groups is 1. The lowest BCUT2D eigenvalue weighted by Gasteiger charge is -2.07. The van der Waals surface area contributed by atoms with Gasteiger partial charge in [0.2, 0.25) is 5.91 Å². The van der Waals surface area contributed by atoms with Gasteiger partial charge in [-0.1, -0.05) is 36.4 Å². The van der Waals surface area contributed by atoms with Crippen molar-refractivity contribution >= 4 is 5.91 Å². The maximum absolute atomic E-state index is 11.8. The minimum absolute atomic E-state index is 0.0638. The Morgan fingerprint density at radius 2 is 1.95 bits per heavy atom. The van der Waals surface area contributed by atoms with Gasteiger partial charge in [0.1, 0.15) is 0 Å². The number of nitrogens with one attached hydrogen (secondary N) is 1. The van der Waals surface area contributed by atoms with Crippen molar-refractivity contribution in [2.24, 2.45) is 0 Å². The Morgan fingerprint density at radius 1 is 1.16 bits per heavy atom. The molecule has 0 unspecified atom stereocenters. The first-order valence-electron chi connectivity index (χ1n) is 6.47. The SMILES string of the molecule is Cc1cccnc1CNC(=O)CCc1ccccc1. The van der Waals surface area contributed by atoms with Crippen LogP contribution in [0.1, 0.15) is 23.2 Å². The zero-order valence-corrected chi connectivity index (χ0v) is 11.1. The van der Waals surface area contributed by atoms with E-state index in [9.17, 15) is 4.79 Å². The summed E-state index contributed by atoms with van der Waals surface area (Å²) in [5, 5.41) is 2.91. The number of rotatable bonds is 5. The zero-order chi connectivity index (χ0) is 13.5. The molecule has 0 saturated carbocycles. The largest absolute Gasteiger partial charge is 0.350 e. The molecule has 0 spiro atoms. The van der Waals surface area contributed by atoms with Gasteiger partial charge in [-0.05, 0) is 30.5 Å². The third kappa shape index (κ3) is 4.21. The molecular weight excluding hydrogens is 236 g/mol. The van der Waals surface area contributed by atoms with Crippen LogP contribution in [0.2, 0.25) is 0 Å². The molecule has 0 radical (unpaired) electrons. The van der Waals surface area contributed by atoms with Gasteiger partial charge < -0.3 is 5.32 Å². The average molecular weight is 254 g/mol. The van der Waals surface area contributed by atoms with E-state index in [4.69, 9.17) is 0 Å². The highest BCUT2D eigenvalue weighted by molar-refractivity contribution is 5.76. The fourth-order valence-electron chi connectivity index (χ4n) is 1.88. The predicted octanol–water partition coefficient (Wildman–Crippen LogP) is 2.64. The van der Waals surface area contributed by atoms with Gasteiger partial charge in [0.05, 0.1) is 12.2 Å². The summed E-state index contributed by atoms with van der Waals surface area (Å²) < 4.78 is 0. The minimum atomic E-state index is 0.0638. The van der Waals surface area contributed by atoms with E-state index in [1.807, 2.05) is 49.4 Å². The molecule has 2 aromatic rings. The summed E-state index contributed by atoms with van der Waals surface area (Å²) in [5.41, 5.74) is 3.22. The number of pyridine rings is 1. The monoisotopic (exact) mass is 254 g/mol. The number of benzene rings is 1. The second-order valence-electron chi connectivity index (χ2n) is 4.53. The van der Waals surface area contributed by atoms with Crippen LogP contribution in [0, 0.1) is 6.92 Å². The van der Waals surface area contributed by atoms with Gasteiger partial charge in [-0.3, -0.25) is 9.78 Å². The van der Waals surface area contributed by atoms with Gasteiger partial charge in [-0.25, -0.2) is 0 Å². The smallest absolute Gasteiger partial charge is 0.220 e. The second kappa shape index (κ2) is 6.69. The van der Waals surface area contributed by atoms with E-state index in [1.165, 1.54) is 5.56 Å². The fraction of sp³-hybridized carbons (Fsp3) is 0.250. The van der Waals surface area contributed by atoms with Crippen molar-refractivity contribution < 1.29 is 4.79 Å². The molecule has 0 aliphatic rings. The lowest BCUT2D eigenvalue weighted by Crippen LogP contribution is -2.23. The predicted molar refractivity (Wildman–Crippen MR) is 75.6 cm³/mol. The van der Waals surface area contributed by atoms with Gasteiger partial charge >= 0.3 is 0 Å². The first-order chi connectivity index (χ1) is 9.25. The molecule has 19 heavy (non-hydrogen) atoms. The Bertz CT molecular complexity index is 537. The molecule has 3 heteroatoms. The number of carbonyl (C=O) groups excluding carboxylic acids is 1. The Hall–Kier alpha value is -2.16. The maximum Gasteiger partial charge on any atom is 0.220 e. The highest BCUT2D eigenvalue weighted by atomic mass is 16.1. The van der Waals surface area contributed by atoms with E-state index < -0.39 is 0 Å². The van der Waals surface area contributed by atoms with Crippen LogP contribution in [0.5, 0.6) is 0 Å². The Balaban J connectivity index is 1.78. The van der Waals surface area contributed by atoms with E-state index in [0.29, 0.717) is 13.0 Å². The van der Waals surface area contributed by atoms with Gasteiger partial charge in [0.25, 0.3) is 0 Å². The van der Waals surface area contributed by atoms with Crippen molar-refractivity contribution in [1.29, 1.82) is 0 Å². The summed E-state index contributed by atoms with van der Waals surface area (Å²) in [4.78, 5) is 16.0. The quantitative estimate of drug-likeness (QED) is 0.891. The third-order valence-corrected chi connectivity index (χ3v) is 3.05. The van der Waals surface area contributed by atoms with Gasteiger partial charge in [0.15, 0.2) is 0 Å². The van der Waals surface area contributed by atoms with Crippen LogP contribution in [0.25, 0.3) is 0 Å². The van der Waals surface area contributed by atoms with Crippen LogP contribution >= 0.6 is 0 Å².